The summed E-state index contributed by atoms with van der Waals surface area (Å²) < 4.78 is 4.95. The molecule has 1 saturated heterocycles. The van der Waals surface area contributed by atoms with Gasteiger partial charge >= 0.3 is 6.09 Å². The summed E-state index contributed by atoms with van der Waals surface area (Å²) in [5.74, 6) is -0.0662. The molecule has 0 spiro atoms. The van der Waals surface area contributed by atoms with E-state index in [0.29, 0.717) is 37.8 Å². The van der Waals surface area contributed by atoms with Gasteiger partial charge in [-0.1, -0.05) is 23.7 Å². The Morgan fingerprint density at radius 2 is 1.91 bits per heavy atom. The van der Waals surface area contributed by atoms with E-state index in [4.69, 9.17) is 16.3 Å². The zero-order chi connectivity index (χ0) is 15.9. The van der Waals surface area contributed by atoms with Crippen molar-refractivity contribution >= 4 is 29.7 Å². The molecule has 1 heterocycles. The van der Waals surface area contributed by atoms with Crippen LogP contribution in [-0.4, -0.2) is 54.6 Å². The molecule has 1 fully saturated rings. The minimum absolute atomic E-state index is 0.0662. The number of hydrogen-bond donors (Lipinski definition) is 0. The van der Waals surface area contributed by atoms with Crippen LogP contribution < -0.4 is 0 Å². The van der Waals surface area contributed by atoms with Gasteiger partial charge in [-0.05, 0) is 30.7 Å². The van der Waals surface area contributed by atoms with Gasteiger partial charge in [-0.2, -0.15) is 0 Å². The van der Waals surface area contributed by atoms with Crippen molar-refractivity contribution in [2.45, 2.75) is 6.92 Å². The highest BCUT2D eigenvalue weighted by Gasteiger charge is 2.23. The van der Waals surface area contributed by atoms with Crippen LogP contribution in [0.4, 0.5) is 4.79 Å². The number of halogens is 1. The summed E-state index contributed by atoms with van der Waals surface area (Å²) in [6, 6.07) is 7.30. The Morgan fingerprint density at radius 3 is 2.55 bits per heavy atom. The summed E-state index contributed by atoms with van der Waals surface area (Å²) in [4.78, 5) is 27.1. The summed E-state index contributed by atoms with van der Waals surface area (Å²) in [7, 11) is 0. The third-order valence-corrected chi connectivity index (χ3v) is 3.62. The van der Waals surface area contributed by atoms with E-state index in [2.05, 4.69) is 0 Å². The highest BCUT2D eigenvalue weighted by molar-refractivity contribution is 6.30. The Balaban J connectivity index is 1.86. The average molecular weight is 323 g/mol. The molecule has 0 N–H and O–H groups in total. The van der Waals surface area contributed by atoms with E-state index in [9.17, 15) is 9.59 Å². The fourth-order valence-corrected chi connectivity index (χ4v) is 2.41. The molecule has 1 aliphatic rings. The van der Waals surface area contributed by atoms with Gasteiger partial charge in [0.1, 0.15) is 0 Å². The van der Waals surface area contributed by atoms with Crippen molar-refractivity contribution in [2.75, 3.05) is 32.8 Å². The molecule has 2 amide bonds. The first-order chi connectivity index (χ1) is 10.6. The van der Waals surface area contributed by atoms with Gasteiger partial charge < -0.3 is 14.5 Å². The zero-order valence-electron chi connectivity index (χ0n) is 12.5. The molecule has 0 aliphatic carbocycles. The molecule has 6 heteroatoms. The maximum Gasteiger partial charge on any atom is 0.409 e. The van der Waals surface area contributed by atoms with Crippen LogP contribution in [0.3, 0.4) is 0 Å². The molecule has 0 saturated carbocycles. The number of nitrogens with zero attached hydrogens (tertiary/aromatic N) is 2. The number of benzene rings is 1. The lowest BCUT2D eigenvalue weighted by molar-refractivity contribution is -0.127. The van der Waals surface area contributed by atoms with E-state index in [1.807, 2.05) is 12.1 Å². The molecule has 5 nitrogen and oxygen atoms in total. The van der Waals surface area contributed by atoms with Gasteiger partial charge in [-0.25, -0.2) is 4.79 Å². The third kappa shape index (κ3) is 4.49. The smallest absolute Gasteiger partial charge is 0.409 e. The van der Waals surface area contributed by atoms with Crippen molar-refractivity contribution in [1.82, 2.24) is 9.80 Å². The maximum atomic E-state index is 12.1. The minimum atomic E-state index is -0.316. The Bertz CT molecular complexity index is 566. The van der Waals surface area contributed by atoms with Crippen LogP contribution >= 0.6 is 11.6 Å². The fraction of sp³-hybridized carbons (Fsp3) is 0.375. The summed E-state index contributed by atoms with van der Waals surface area (Å²) >= 11 is 5.90. The molecule has 1 aromatic carbocycles. The van der Waals surface area contributed by atoms with Crippen LogP contribution in [0.2, 0.25) is 5.02 Å². The average Bonchev–Trinajstić information content (AvgIpc) is 2.53. The van der Waals surface area contributed by atoms with Crippen LogP contribution in [0.5, 0.6) is 0 Å². The largest absolute Gasteiger partial charge is 0.450 e. The number of hydrogen-bond acceptors (Lipinski definition) is 3. The third-order valence-electron chi connectivity index (χ3n) is 3.38. The summed E-state index contributed by atoms with van der Waals surface area (Å²) in [6.07, 6.45) is 2.96. The van der Waals surface area contributed by atoms with Gasteiger partial charge in [0.15, 0.2) is 0 Å². The van der Waals surface area contributed by atoms with E-state index in [-0.39, 0.29) is 12.0 Å². The first-order valence-corrected chi connectivity index (χ1v) is 7.62. The molecule has 1 aliphatic heterocycles. The predicted octanol–water partition coefficient (Wildman–Crippen LogP) is 2.65. The summed E-state index contributed by atoms with van der Waals surface area (Å²) in [5, 5.41) is 0.637. The molecule has 0 radical (unpaired) electrons. The lowest BCUT2D eigenvalue weighted by Crippen LogP contribution is -2.50. The van der Waals surface area contributed by atoms with E-state index < -0.39 is 0 Å². The second-order valence-corrected chi connectivity index (χ2v) is 5.34. The number of carbonyl (C=O) groups is 2. The van der Waals surface area contributed by atoms with Gasteiger partial charge in [-0.15, -0.1) is 0 Å². The van der Waals surface area contributed by atoms with Crippen molar-refractivity contribution in [1.29, 1.82) is 0 Å². The molecule has 2 rings (SSSR count). The number of rotatable bonds is 3. The van der Waals surface area contributed by atoms with Gasteiger partial charge in [0.05, 0.1) is 6.61 Å². The molecule has 0 aromatic heterocycles. The van der Waals surface area contributed by atoms with Crippen LogP contribution in [0.25, 0.3) is 6.08 Å². The first-order valence-electron chi connectivity index (χ1n) is 7.24. The zero-order valence-corrected chi connectivity index (χ0v) is 13.3. The van der Waals surface area contributed by atoms with Gasteiger partial charge in [-0.3, -0.25) is 4.79 Å². The first kappa shape index (κ1) is 16.4. The molecule has 1 aromatic rings. The molecule has 0 bridgehead atoms. The highest BCUT2D eigenvalue weighted by atomic mass is 35.5. The molecule has 0 atom stereocenters. The monoisotopic (exact) mass is 322 g/mol. The number of ether oxygens (including phenoxy) is 1. The topological polar surface area (TPSA) is 49.9 Å². The second-order valence-electron chi connectivity index (χ2n) is 4.90. The van der Waals surface area contributed by atoms with Crippen molar-refractivity contribution in [2.24, 2.45) is 0 Å². The Hall–Kier alpha value is -2.01. The summed E-state index contributed by atoms with van der Waals surface area (Å²) in [5.41, 5.74) is 0.881. The van der Waals surface area contributed by atoms with E-state index in [0.717, 1.165) is 5.56 Å². The molecule has 118 valence electrons. The molecular weight excluding hydrogens is 304 g/mol. The van der Waals surface area contributed by atoms with E-state index in [1.54, 1.807) is 34.9 Å². The minimum Gasteiger partial charge on any atom is -0.450 e. The molecule has 22 heavy (non-hydrogen) atoms. The lowest BCUT2D eigenvalue weighted by atomic mass is 10.2. The van der Waals surface area contributed by atoms with Crippen molar-refractivity contribution in [3.8, 4) is 0 Å². The van der Waals surface area contributed by atoms with Crippen LogP contribution in [0.1, 0.15) is 12.5 Å². The number of amides is 2. The lowest BCUT2D eigenvalue weighted by Gasteiger charge is -2.33. The van der Waals surface area contributed by atoms with E-state index >= 15 is 0 Å². The van der Waals surface area contributed by atoms with E-state index in [1.165, 1.54) is 6.08 Å². The number of piperazine rings is 1. The standard InChI is InChI=1S/C16H19ClN2O3/c1-2-22-16(21)19-10-8-18(9-11-19)15(20)7-6-13-4-3-5-14(17)12-13/h3-7,12H,2,8-11H2,1H3. The normalized spacial score (nSPS) is 15.2. The molecule has 0 unspecified atom stereocenters. The Kier molecular flexibility index (Phi) is 5.83. The van der Waals surface area contributed by atoms with Crippen LogP contribution in [0.15, 0.2) is 30.3 Å². The van der Waals surface area contributed by atoms with Gasteiger partial charge in [0.25, 0.3) is 0 Å². The van der Waals surface area contributed by atoms with Gasteiger partial charge in [0, 0.05) is 37.3 Å². The summed E-state index contributed by atoms with van der Waals surface area (Å²) in [6.45, 7) is 4.15. The second kappa shape index (κ2) is 7.84. The van der Waals surface area contributed by atoms with Crippen molar-refractivity contribution < 1.29 is 14.3 Å². The fourth-order valence-electron chi connectivity index (χ4n) is 2.21. The van der Waals surface area contributed by atoms with Crippen molar-refractivity contribution in [3.63, 3.8) is 0 Å². The van der Waals surface area contributed by atoms with Gasteiger partial charge in [0.2, 0.25) is 5.91 Å². The van der Waals surface area contributed by atoms with Crippen LogP contribution in [0, 0.1) is 0 Å². The van der Waals surface area contributed by atoms with Crippen LogP contribution in [-0.2, 0) is 9.53 Å². The SMILES string of the molecule is CCOC(=O)N1CCN(C(=O)C=Cc2cccc(Cl)c2)CC1. The Morgan fingerprint density at radius 1 is 1.23 bits per heavy atom. The Labute approximate surface area is 135 Å². The predicted molar refractivity (Wildman–Crippen MR) is 85.7 cm³/mol. The highest BCUT2D eigenvalue weighted by Crippen LogP contribution is 2.12. The number of carbonyl (C=O) groups excluding carboxylic acids is 2. The maximum absolute atomic E-state index is 12.1. The quantitative estimate of drug-likeness (QED) is 0.804. The molecular formula is C16H19ClN2O3. The van der Waals surface area contributed by atoms with Crippen molar-refractivity contribution in [3.05, 3.63) is 40.9 Å².